The number of halogens is 3. The van der Waals surface area contributed by atoms with E-state index in [0.717, 1.165) is 11.8 Å². The fourth-order valence-electron chi connectivity index (χ4n) is 4.51. The molecule has 3 rings (SSSR count). The van der Waals surface area contributed by atoms with Gasteiger partial charge in [-0.25, -0.2) is 8.78 Å². The van der Waals surface area contributed by atoms with Crippen molar-refractivity contribution in [2.75, 3.05) is 0 Å². The molecule has 4 nitrogen and oxygen atoms in total. The van der Waals surface area contributed by atoms with Crippen molar-refractivity contribution >= 4 is 21.8 Å². The molecule has 2 aliphatic carbocycles. The van der Waals surface area contributed by atoms with E-state index >= 15 is 0 Å². The van der Waals surface area contributed by atoms with Gasteiger partial charge in [-0.05, 0) is 73.7 Å². The molecule has 1 heterocycles. The van der Waals surface area contributed by atoms with Crippen molar-refractivity contribution < 1.29 is 13.6 Å². The Kier molecular flexibility index (Phi) is 5.00. The van der Waals surface area contributed by atoms with Crippen LogP contribution in [0.2, 0.25) is 0 Å². The summed E-state index contributed by atoms with van der Waals surface area (Å²) >= 11 is 3.15. The average molecular weight is 404 g/mol. The lowest BCUT2D eigenvalue weighted by Gasteiger charge is -2.29. The number of nitrogens with one attached hydrogen (secondary N) is 1. The van der Waals surface area contributed by atoms with Gasteiger partial charge in [0.1, 0.15) is 11.7 Å². The highest BCUT2D eigenvalue weighted by Crippen LogP contribution is 2.49. The third-order valence-electron chi connectivity index (χ3n) is 5.86. The fourth-order valence-corrected chi connectivity index (χ4v) is 4.94. The van der Waals surface area contributed by atoms with Crippen LogP contribution in [0.3, 0.4) is 0 Å². The monoisotopic (exact) mass is 403 g/mol. The summed E-state index contributed by atoms with van der Waals surface area (Å²) < 4.78 is 27.6. The molecule has 2 fully saturated rings. The molecule has 1 N–H and O–H groups in total. The first kappa shape index (κ1) is 17.8. The third kappa shape index (κ3) is 3.11. The van der Waals surface area contributed by atoms with Gasteiger partial charge >= 0.3 is 0 Å². The largest absolute Gasteiger partial charge is 0.352 e. The number of hydrogen-bond donors (Lipinski definition) is 1. The maximum Gasteiger partial charge on any atom is 0.283 e. The van der Waals surface area contributed by atoms with Crippen LogP contribution in [0.5, 0.6) is 0 Å². The maximum atomic E-state index is 13.0. The number of rotatable bonds is 5. The van der Waals surface area contributed by atoms with E-state index in [1.807, 2.05) is 0 Å². The van der Waals surface area contributed by atoms with Crippen molar-refractivity contribution in [2.24, 2.45) is 17.8 Å². The zero-order valence-corrected chi connectivity index (χ0v) is 15.8. The molecule has 2 bridgehead atoms. The summed E-state index contributed by atoms with van der Waals surface area (Å²) in [6.07, 6.45) is 2.43. The van der Waals surface area contributed by atoms with Gasteiger partial charge in [0.2, 0.25) is 5.91 Å². The number of aromatic nitrogens is 2. The molecular formula is C17H24BrF2N3O. The first-order valence-corrected chi connectivity index (χ1v) is 9.41. The number of amides is 1. The number of alkyl halides is 2. The highest BCUT2D eigenvalue weighted by atomic mass is 79.9. The SMILES string of the molecule is Cc1c(Br)c(C(F)F)nn1[C@@H](C)C(=O)N[C@@H](C)[C@@H]1C[C@@H]2CC[C@@H]1C2. The summed E-state index contributed by atoms with van der Waals surface area (Å²) in [5.74, 6) is 1.94. The Hall–Kier alpha value is -0.980. The Labute approximate surface area is 149 Å². The van der Waals surface area contributed by atoms with E-state index in [9.17, 15) is 13.6 Å². The first-order valence-electron chi connectivity index (χ1n) is 8.62. The Balaban J connectivity index is 1.68. The van der Waals surface area contributed by atoms with Crippen LogP contribution in [0.1, 0.15) is 63.4 Å². The number of fused-ring (bicyclic) bond motifs is 2. The molecule has 134 valence electrons. The van der Waals surface area contributed by atoms with Gasteiger partial charge in [-0.15, -0.1) is 0 Å². The Bertz CT molecular complexity index is 634. The highest BCUT2D eigenvalue weighted by Gasteiger charge is 2.42. The van der Waals surface area contributed by atoms with Crippen LogP contribution in [0.25, 0.3) is 0 Å². The first-order chi connectivity index (χ1) is 11.3. The normalized spacial score (nSPS) is 28.4. The molecule has 0 spiro atoms. The lowest BCUT2D eigenvalue weighted by atomic mass is 9.84. The van der Waals surface area contributed by atoms with Gasteiger partial charge in [0.05, 0.1) is 10.2 Å². The zero-order valence-electron chi connectivity index (χ0n) is 14.2. The molecule has 1 aromatic heterocycles. The molecule has 0 aromatic carbocycles. The van der Waals surface area contributed by atoms with Gasteiger partial charge in [0.15, 0.2) is 0 Å². The van der Waals surface area contributed by atoms with E-state index < -0.39 is 12.5 Å². The lowest BCUT2D eigenvalue weighted by Crippen LogP contribution is -2.43. The summed E-state index contributed by atoms with van der Waals surface area (Å²) in [5, 5.41) is 7.02. The van der Waals surface area contributed by atoms with Crippen molar-refractivity contribution in [1.29, 1.82) is 0 Å². The number of nitrogens with zero attached hydrogens (tertiary/aromatic N) is 2. The van der Waals surface area contributed by atoms with E-state index in [2.05, 4.69) is 33.3 Å². The summed E-state index contributed by atoms with van der Waals surface area (Å²) in [5.41, 5.74) is 0.230. The van der Waals surface area contributed by atoms with Crippen molar-refractivity contribution in [3.05, 3.63) is 15.9 Å². The van der Waals surface area contributed by atoms with Gasteiger partial charge in [-0.1, -0.05) is 6.42 Å². The van der Waals surface area contributed by atoms with Gasteiger partial charge in [0.25, 0.3) is 6.43 Å². The van der Waals surface area contributed by atoms with Gasteiger partial charge in [-0.2, -0.15) is 5.10 Å². The molecule has 7 heteroatoms. The highest BCUT2D eigenvalue weighted by molar-refractivity contribution is 9.10. The predicted octanol–water partition coefficient (Wildman–Crippen LogP) is 4.39. The van der Waals surface area contributed by atoms with Crippen molar-refractivity contribution in [1.82, 2.24) is 15.1 Å². The van der Waals surface area contributed by atoms with Crippen LogP contribution >= 0.6 is 15.9 Å². The van der Waals surface area contributed by atoms with Crippen LogP contribution in [-0.2, 0) is 4.79 Å². The molecular weight excluding hydrogens is 380 g/mol. The molecule has 2 saturated carbocycles. The van der Waals surface area contributed by atoms with E-state index in [4.69, 9.17) is 0 Å². The van der Waals surface area contributed by atoms with Crippen LogP contribution in [0.15, 0.2) is 4.47 Å². The predicted molar refractivity (Wildman–Crippen MR) is 90.9 cm³/mol. The van der Waals surface area contributed by atoms with Crippen LogP contribution < -0.4 is 5.32 Å². The van der Waals surface area contributed by atoms with E-state index in [-0.39, 0.29) is 22.1 Å². The quantitative estimate of drug-likeness (QED) is 0.791. The Morgan fingerprint density at radius 1 is 1.33 bits per heavy atom. The van der Waals surface area contributed by atoms with Crippen molar-refractivity contribution in [3.63, 3.8) is 0 Å². The second kappa shape index (κ2) is 6.73. The minimum atomic E-state index is -2.66. The molecule has 0 aliphatic heterocycles. The molecule has 1 amide bonds. The third-order valence-corrected chi connectivity index (χ3v) is 6.84. The molecule has 0 saturated heterocycles. The minimum absolute atomic E-state index is 0.115. The van der Waals surface area contributed by atoms with Crippen molar-refractivity contribution in [2.45, 2.75) is 65.0 Å². The summed E-state index contributed by atoms with van der Waals surface area (Å²) in [7, 11) is 0. The number of hydrogen-bond acceptors (Lipinski definition) is 2. The molecule has 0 unspecified atom stereocenters. The van der Waals surface area contributed by atoms with E-state index in [1.54, 1.807) is 13.8 Å². The molecule has 0 radical (unpaired) electrons. The van der Waals surface area contributed by atoms with E-state index in [0.29, 0.717) is 11.6 Å². The minimum Gasteiger partial charge on any atom is -0.352 e. The van der Waals surface area contributed by atoms with Crippen LogP contribution in [0, 0.1) is 24.7 Å². The zero-order chi connectivity index (χ0) is 17.6. The number of carbonyl (C=O) groups excluding carboxylic acids is 1. The lowest BCUT2D eigenvalue weighted by molar-refractivity contribution is -0.125. The summed E-state index contributed by atoms with van der Waals surface area (Å²) in [4.78, 5) is 12.6. The second-order valence-corrected chi connectivity index (χ2v) is 8.13. The smallest absolute Gasteiger partial charge is 0.283 e. The van der Waals surface area contributed by atoms with Crippen LogP contribution in [0.4, 0.5) is 8.78 Å². The summed E-state index contributed by atoms with van der Waals surface area (Å²) in [6.45, 7) is 5.45. The van der Waals surface area contributed by atoms with Crippen LogP contribution in [-0.4, -0.2) is 21.7 Å². The topological polar surface area (TPSA) is 46.9 Å². The fraction of sp³-hybridized carbons (Fsp3) is 0.765. The Morgan fingerprint density at radius 3 is 2.54 bits per heavy atom. The van der Waals surface area contributed by atoms with Gasteiger partial charge in [-0.3, -0.25) is 9.48 Å². The standard InChI is InChI=1S/C17H24BrF2N3O/c1-8(13-7-11-4-5-12(13)6-11)21-17(24)10(3)23-9(2)14(18)15(22-23)16(19)20/h8,10-13,16H,4-7H2,1-3H3,(H,21,24)/t8-,10-,11+,12+,13-/m0/s1. The Morgan fingerprint density at radius 2 is 2.04 bits per heavy atom. The van der Waals surface area contributed by atoms with E-state index in [1.165, 1.54) is 30.4 Å². The molecule has 5 atom stereocenters. The van der Waals surface area contributed by atoms with Gasteiger partial charge in [0, 0.05) is 6.04 Å². The molecule has 24 heavy (non-hydrogen) atoms. The maximum absolute atomic E-state index is 13.0. The average Bonchev–Trinajstić information content (AvgIpc) is 3.22. The molecule has 2 aliphatic rings. The summed E-state index contributed by atoms with van der Waals surface area (Å²) in [6, 6.07) is -0.501. The molecule has 1 aromatic rings. The van der Waals surface area contributed by atoms with Gasteiger partial charge < -0.3 is 5.32 Å². The number of carbonyl (C=O) groups is 1. The second-order valence-electron chi connectivity index (χ2n) is 7.34. The van der Waals surface area contributed by atoms with Crippen molar-refractivity contribution in [3.8, 4) is 0 Å².